The van der Waals surface area contributed by atoms with Crippen LogP contribution in [0.4, 0.5) is 15.8 Å². The maximum absolute atomic E-state index is 13.9. The van der Waals surface area contributed by atoms with Gasteiger partial charge in [-0.05, 0) is 69.0 Å². The van der Waals surface area contributed by atoms with Gasteiger partial charge in [-0.3, -0.25) is 4.98 Å². The number of pyridine rings is 1. The van der Waals surface area contributed by atoms with Gasteiger partial charge in [-0.25, -0.2) is 4.39 Å². The van der Waals surface area contributed by atoms with E-state index in [0.29, 0.717) is 58.1 Å². The Bertz CT molecular complexity index is 1670. The Morgan fingerprint density at radius 2 is 1.80 bits per heavy atom. The number of nitrogens with zero attached hydrogens (tertiary/aromatic N) is 2. The number of nitrogens with one attached hydrogen (secondary N) is 4. The van der Waals surface area contributed by atoms with Crippen molar-refractivity contribution in [2.45, 2.75) is 64.3 Å². The maximum atomic E-state index is 13.9. The molecule has 0 fully saturated rings. The lowest BCUT2D eigenvalue weighted by atomic mass is 10.0. The SMILES string of the molecule is CC[C@@H](Nc1c(C#N)cnc2c(Cl)cc(NC(/C(N)=C/NCCC(O)CNC(C)(C)C)c3ccc(F)cc3)cc12)c1ccccc1. The van der Waals surface area contributed by atoms with E-state index in [1.165, 1.54) is 18.3 Å². The Balaban J connectivity index is 1.64. The third kappa shape index (κ3) is 9.33. The third-order valence-electron chi connectivity index (χ3n) is 7.58. The van der Waals surface area contributed by atoms with Gasteiger partial charge in [0.15, 0.2) is 0 Å². The summed E-state index contributed by atoms with van der Waals surface area (Å²) in [5, 5.41) is 35.0. The Labute approximate surface area is 275 Å². The van der Waals surface area contributed by atoms with Crippen LogP contribution in [0.25, 0.3) is 10.9 Å². The summed E-state index contributed by atoms with van der Waals surface area (Å²) in [4.78, 5) is 4.50. The summed E-state index contributed by atoms with van der Waals surface area (Å²) in [7, 11) is 0. The molecule has 3 atom stereocenters. The number of anilines is 2. The van der Waals surface area contributed by atoms with Gasteiger partial charge in [0.05, 0.1) is 45.7 Å². The highest BCUT2D eigenvalue weighted by atomic mass is 35.5. The predicted octanol–water partition coefficient (Wildman–Crippen LogP) is 7.14. The highest BCUT2D eigenvalue weighted by Crippen LogP contribution is 2.37. The van der Waals surface area contributed by atoms with Gasteiger partial charge in [0.25, 0.3) is 0 Å². The zero-order valence-electron chi connectivity index (χ0n) is 26.7. The lowest BCUT2D eigenvalue weighted by Crippen LogP contribution is -2.41. The van der Waals surface area contributed by atoms with Crippen LogP contribution in [0.1, 0.15) is 69.3 Å². The molecule has 0 aliphatic rings. The molecule has 10 heteroatoms. The minimum absolute atomic E-state index is 0.0475. The molecule has 2 unspecified atom stereocenters. The number of aliphatic hydroxyl groups is 1. The predicted molar refractivity (Wildman–Crippen MR) is 186 cm³/mol. The van der Waals surface area contributed by atoms with Crippen molar-refractivity contribution >= 4 is 33.9 Å². The highest BCUT2D eigenvalue weighted by molar-refractivity contribution is 6.35. The van der Waals surface area contributed by atoms with E-state index in [4.69, 9.17) is 17.3 Å². The number of aliphatic hydroxyl groups excluding tert-OH is 1. The molecule has 3 aromatic carbocycles. The second kappa shape index (κ2) is 15.8. The first-order valence-corrected chi connectivity index (χ1v) is 15.8. The molecule has 8 nitrogen and oxygen atoms in total. The van der Waals surface area contributed by atoms with E-state index in [0.717, 1.165) is 17.5 Å². The van der Waals surface area contributed by atoms with Crippen LogP contribution in [0, 0.1) is 17.1 Å². The van der Waals surface area contributed by atoms with Crippen molar-refractivity contribution < 1.29 is 9.50 Å². The molecule has 0 spiro atoms. The smallest absolute Gasteiger partial charge is 0.123 e. The Morgan fingerprint density at radius 3 is 2.46 bits per heavy atom. The monoisotopic (exact) mass is 643 g/mol. The fourth-order valence-corrected chi connectivity index (χ4v) is 5.36. The number of nitriles is 1. The number of benzene rings is 3. The van der Waals surface area contributed by atoms with Gasteiger partial charge in [0.1, 0.15) is 11.9 Å². The highest BCUT2D eigenvalue weighted by Gasteiger charge is 2.20. The van der Waals surface area contributed by atoms with Crippen LogP contribution >= 0.6 is 11.6 Å². The van der Waals surface area contributed by atoms with Gasteiger partial charge >= 0.3 is 0 Å². The molecule has 1 heterocycles. The number of aromatic nitrogens is 1. The lowest BCUT2D eigenvalue weighted by molar-refractivity contribution is 0.152. The minimum atomic E-state index is -0.551. The topological polar surface area (TPSA) is 131 Å². The normalized spacial score (nSPS) is 13.9. The quantitative estimate of drug-likeness (QED) is 0.0799. The Hall–Kier alpha value is -4.36. The fraction of sp³-hybridized carbons (Fsp3) is 0.333. The van der Waals surface area contributed by atoms with Crippen molar-refractivity contribution in [1.29, 1.82) is 5.26 Å². The number of nitrogens with two attached hydrogens (primary N) is 1. The molecule has 0 aliphatic carbocycles. The molecule has 0 saturated heterocycles. The van der Waals surface area contributed by atoms with Gasteiger partial charge in [-0.15, -0.1) is 0 Å². The molecule has 0 radical (unpaired) electrons. The van der Waals surface area contributed by atoms with Crippen LogP contribution in [0.3, 0.4) is 0 Å². The van der Waals surface area contributed by atoms with Crippen LogP contribution in [0.5, 0.6) is 0 Å². The van der Waals surface area contributed by atoms with Gasteiger partial charge in [-0.2, -0.15) is 5.26 Å². The molecule has 242 valence electrons. The largest absolute Gasteiger partial charge is 0.399 e. The summed E-state index contributed by atoms with van der Waals surface area (Å²) in [6.45, 7) is 9.22. The Kier molecular flexibility index (Phi) is 11.8. The molecule has 0 saturated carbocycles. The van der Waals surface area contributed by atoms with E-state index >= 15 is 0 Å². The number of hydrogen-bond donors (Lipinski definition) is 6. The lowest BCUT2D eigenvalue weighted by Gasteiger charge is -2.24. The van der Waals surface area contributed by atoms with Gasteiger partial charge in [-0.1, -0.05) is 61.0 Å². The standard InChI is InChI=1S/C36H43ClFN7O/c1-5-32(23-9-7-6-8-10-23)45-33-25(19-39)20-42-35-29(33)17-27(18-30(35)37)44-34(24-11-13-26(38)14-12-24)31(40)22-41-16-15-28(46)21-43-36(2,3)4/h6-14,17-18,20,22,28,32,34,41,43-44,46H,5,15-16,21,40H2,1-4H3,(H,42,45)/b31-22-/t28?,32-,34?/m1/s1. The number of hydrogen-bond acceptors (Lipinski definition) is 8. The van der Waals surface area contributed by atoms with Crippen LogP contribution < -0.4 is 27.0 Å². The summed E-state index contributed by atoms with van der Waals surface area (Å²) >= 11 is 6.78. The second-order valence-electron chi connectivity index (χ2n) is 12.3. The molecule has 0 amide bonds. The molecular weight excluding hydrogens is 601 g/mol. The molecule has 1 aromatic heterocycles. The van der Waals surface area contributed by atoms with E-state index in [-0.39, 0.29) is 17.4 Å². The second-order valence-corrected chi connectivity index (χ2v) is 12.7. The van der Waals surface area contributed by atoms with Gasteiger partial charge in [0, 0.05) is 42.1 Å². The zero-order valence-corrected chi connectivity index (χ0v) is 27.5. The number of halogens is 2. The molecule has 4 aromatic rings. The maximum Gasteiger partial charge on any atom is 0.123 e. The van der Waals surface area contributed by atoms with Crippen molar-refractivity contribution in [2.24, 2.45) is 5.73 Å². The molecule has 7 N–H and O–H groups in total. The van der Waals surface area contributed by atoms with E-state index < -0.39 is 12.1 Å². The van der Waals surface area contributed by atoms with Crippen LogP contribution in [0.2, 0.25) is 5.02 Å². The van der Waals surface area contributed by atoms with E-state index in [2.05, 4.69) is 72.1 Å². The first-order valence-electron chi connectivity index (χ1n) is 15.5. The molecule has 46 heavy (non-hydrogen) atoms. The van der Waals surface area contributed by atoms with Gasteiger partial charge in [0.2, 0.25) is 0 Å². The van der Waals surface area contributed by atoms with Crippen LogP contribution in [-0.4, -0.2) is 34.8 Å². The van der Waals surface area contributed by atoms with Crippen LogP contribution in [-0.2, 0) is 0 Å². The Morgan fingerprint density at radius 1 is 1.09 bits per heavy atom. The number of fused-ring (bicyclic) bond motifs is 1. The van der Waals surface area contributed by atoms with E-state index in [9.17, 15) is 14.8 Å². The van der Waals surface area contributed by atoms with E-state index in [1.807, 2.05) is 24.3 Å². The van der Waals surface area contributed by atoms with Crippen molar-refractivity contribution in [1.82, 2.24) is 15.6 Å². The number of rotatable bonds is 14. The van der Waals surface area contributed by atoms with E-state index in [1.54, 1.807) is 24.4 Å². The zero-order chi connectivity index (χ0) is 33.3. The fourth-order valence-electron chi connectivity index (χ4n) is 5.09. The van der Waals surface area contributed by atoms with Crippen LogP contribution in [0.15, 0.2) is 84.8 Å². The first-order chi connectivity index (χ1) is 22.0. The summed E-state index contributed by atoms with van der Waals surface area (Å²) in [6, 6.07) is 21.5. The average molecular weight is 644 g/mol. The third-order valence-corrected chi connectivity index (χ3v) is 7.87. The average Bonchev–Trinajstić information content (AvgIpc) is 3.04. The van der Waals surface area contributed by atoms with Gasteiger partial charge < -0.3 is 32.1 Å². The molecule has 0 bridgehead atoms. The van der Waals surface area contributed by atoms with Crippen molar-refractivity contribution in [3.63, 3.8) is 0 Å². The summed E-state index contributed by atoms with van der Waals surface area (Å²) in [5.74, 6) is -0.357. The minimum Gasteiger partial charge on any atom is -0.399 e. The van der Waals surface area contributed by atoms with Crippen molar-refractivity contribution in [3.05, 3.63) is 112 Å². The molecular formula is C36H43ClFN7O. The van der Waals surface area contributed by atoms with Crippen molar-refractivity contribution in [3.8, 4) is 6.07 Å². The molecule has 4 rings (SSSR count). The molecule has 0 aliphatic heterocycles. The summed E-state index contributed by atoms with van der Waals surface area (Å²) < 4.78 is 13.9. The summed E-state index contributed by atoms with van der Waals surface area (Å²) in [6.07, 6.45) is 4.02. The summed E-state index contributed by atoms with van der Waals surface area (Å²) in [5.41, 5.74) is 11.0. The first kappa shape index (κ1) is 34.5. The number of β-amino-alcohol motifs (C(OH)–C–C–N with tert-alkyl or cyclic N) is 1. The van der Waals surface area contributed by atoms with Crippen molar-refractivity contribution in [2.75, 3.05) is 23.7 Å².